The van der Waals surface area contributed by atoms with Crippen molar-refractivity contribution in [3.05, 3.63) is 95.8 Å². The van der Waals surface area contributed by atoms with Crippen LogP contribution in [0, 0.1) is 11.6 Å². The summed E-state index contributed by atoms with van der Waals surface area (Å²) in [6, 6.07) is 10.3. The molecule has 33 heavy (non-hydrogen) atoms. The number of sulfone groups is 1. The second kappa shape index (κ2) is 10.1. The van der Waals surface area contributed by atoms with Crippen LogP contribution in [0.2, 0.25) is 0 Å². The maximum Gasteiger partial charge on any atom is 0.254 e. The number of aromatic nitrogens is 2. The summed E-state index contributed by atoms with van der Waals surface area (Å²) in [7, 11) is -3.85. The molecule has 1 amide bonds. The molecule has 0 saturated carbocycles. The third kappa shape index (κ3) is 5.73. The third-order valence-corrected chi connectivity index (χ3v) is 6.54. The number of benzene rings is 2. The van der Waals surface area contributed by atoms with E-state index in [4.69, 9.17) is 0 Å². The van der Waals surface area contributed by atoms with Crippen LogP contribution in [-0.4, -0.2) is 35.3 Å². The van der Waals surface area contributed by atoms with Gasteiger partial charge in [-0.25, -0.2) is 22.2 Å². The first-order chi connectivity index (χ1) is 15.6. The predicted octanol–water partition coefficient (Wildman–Crippen LogP) is 4.54. The maximum atomic E-state index is 13.6. The van der Waals surface area contributed by atoms with E-state index in [0.29, 0.717) is 11.3 Å². The molecule has 1 aromatic heterocycles. The van der Waals surface area contributed by atoms with Crippen molar-refractivity contribution in [3.63, 3.8) is 0 Å². The summed E-state index contributed by atoms with van der Waals surface area (Å²) in [6.07, 6.45) is 2.96. The van der Waals surface area contributed by atoms with Crippen molar-refractivity contribution in [2.24, 2.45) is 0 Å². The van der Waals surface area contributed by atoms with Gasteiger partial charge < -0.3 is 9.47 Å². The predicted molar refractivity (Wildman–Crippen MR) is 121 cm³/mol. The van der Waals surface area contributed by atoms with E-state index in [2.05, 4.69) is 11.6 Å². The topological polar surface area (TPSA) is 72.3 Å². The van der Waals surface area contributed by atoms with Gasteiger partial charge in [0.05, 0.1) is 24.2 Å². The van der Waals surface area contributed by atoms with Crippen LogP contribution in [0.15, 0.2) is 72.5 Å². The number of rotatable bonds is 9. The lowest BCUT2D eigenvalue weighted by molar-refractivity contribution is 0.0757. The molecule has 0 aliphatic heterocycles. The van der Waals surface area contributed by atoms with Gasteiger partial charge in [0.15, 0.2) is 0 Å². The Morgan fingerprint density at radius 1 is 1.15 bits per heavy atom. The normalized spacial score (nSPS) is 11.5. The summed E-state index contributed by atoms with van der Waals surface area (Å²) in [5, 5.41) is -0.131. The van der Waals surface area contributed by atoms with Crippen LogP contribution < -0.4 is 0 Å². The Hall–Kier alpha value is -3.33. The second-order valence-corrected chi connectivity index (χ2v) is 9.75. The van der Waals surface area contributed by atoms with Gasteiger partial charge in [-0.05, 0) is 49.7 Å². The molecule has 0 radical (unpaired) electrons. The minimum atomic E-state index is -3.85. The molecular weight excluding hydrogens is 448 g/mol. The average Bonchev–Trinajstić information content (AvgIpc) is 3.19. The zero-order valence-electron chi connectivity index (χ0n) is 18.4. The summed E-state index contributed by atoms with van der Waals surface area (Å²) in [6.45, 7) is 7.54. The lowest BCUT2D eigenvalue weighted by atomic mass is 10.2. The minimum absolute atomic E-state index is 0.0542. The second-order valence-electron chi connectivity index (χ2n) is 7.87. The molecular formula is C24H25F2N3O3S. The van der Waals surface area contributed by atoms with Crippen molar-refractivity contribution >= 4 is 15.7 Å². The Labute approximate surface area is 192 Å². The van der Waals surface area contributed by atoms with Gasteiger partial charge in [-0.3, -0.25) is 4.79 Å². The van der Waals surface area contributed by atoms with E-state index in [-0.39, 0.29) is 35.6 Å². The Morgan fingerprint density at radius 3 is 2.45 bits per heavy atom. The van der Waals surface area contributed by atoms with Crippen LogP contribution in [0.5, 0.6) is 0 Å². The molecule has 0 N–H and O–H groups in total. The highest BCUT2D eigenvalue weighted by atomic mass is 32.2. The van der Waals surface area contributed by atoms with Gasteiger partial charge >= 0.3 is 0 Å². The van der Waals surface area contributed by atoms with E-state index in [0.717, 1.165) is 6.07 Å². The van der Waals surface area contributed by atoms with Crippen LogP contribution in [-0.2, 0) is 22.1 Å². The van der Waals surface area contributed by atoms with E-state index in [1.54, 1.807) is 10.6 Å². The number of amides is 1. The SMILES string of the molecule is C=CCN(Cc1cnc(S(=O)(=O)Cc2ccc(F)cc2)n1C(C)C)C(=O)c1cccc(F)c1. The summed E-state index contributed by atoms with van der Waals surface area (Å²) >= 11 is 0. The number of nitrogens with zero attached hydrogens (tertiary/aromatic N) is 3. The molecule has 0 unspecified atom stereocenters. The smallest absolute Gasteiger partial charge is 0.254 e. The van der Waals surface area contributed by atoms with Gasteiger partial charge in [0.25, 0.3) is 5.91 Å². The van der Waals surface area contributed by atoms with E-state index in [1.165, 1.54) is 53.6 Å². The lowest BCUT2D eigenvalue weighted by Gasteiger charge is -2.23. The molecule has 1 heterocycles. The van der Waals surface area contributed by atoms with Crippen molar-refractivity contribution < 1.29 is 22.0 Å². The molecule has 174 valence electrons. The molecule has 2 aromatic carbocycles. The van der Waals surface area contributed by atoms with E-state index >= 15 is 0 Å². The fourth-order valence-electron chi connectivity index (χ4n) is 3.52. The number of carbonyl (C=O) groups is 1. The van der Waals surface area contributed by atoms with Crippen molar-refractivity contribution in [1.82, 2.24) is 14.5 Å². The van der Waals surface area contributed by atoms with Gasteiger partial charge in [-0.1, -0.05) is 24.3 Å². The highest BCUT2D eigenvalue weighted by Gasteiger charge is 2.27. The first-order valence-electron chi connectivity index (χ1n) is 10.3. The minimum Gasteiger partial charge on any atom is -0.329 e. The Kier molecular flexibility index (Phi) is 7.43. The van der Waals surface area contributed by atoms with Crippen LogP contribution in [0.3, 0.4) is 0 Å². The van der Waals surface area contributed by atoms with E-state index in [9.17, 15) is 22.0 Å². The van der Waals surface area contributed by atoms with Crippen molar-refractivity contribution in [2.75, 3.05) is 6.54 Å². The fraction of sp³-hybridized carbons (Fsp3) is 0.250. The van der Waals surface area contributed by atoms with Gasteiger partial charge in [0.1, 0.15) is 11.6 Å². The molecule has 0 bridgehead atoms. The van der Waals surface area contributed by atoms with E-state index in [1.807, 2.05) is 13.8 Å². The number of hydrogen-bond donors (Lipinski definition) is 0. The standard InChI is InChI=1S/C24H25F2N3O3S/c1-4-12-28(23(30)19-6-5-7-21(26)13-19)15-22-14-27-24(29(22)17(2)3)33(31,32)16-18-8-10-20(25)11-9-18/h4-11,13-14,17H,1,12,15-16H2,2-3H3. The zero-order chi connectivity index (χ0) is 24.2. The number of carbonyl (C=O) groups excluding carboxylic acids is 1. The lowest BCUT2D eigenvalue weighted by Crippen LogP contribution is -2.32. The molecule has 0 fully saturated rings. The molecule has 0 saturated heterocycles. The van der Waals surface area contributed by atoms with Crippen LogP contribution in [0.25, 0.3) is 0 Å². The number of imidazole rings is 1. The first-order valence-corrected chi connectivity index (χ1v) is 12.0. The van der Waals surface area contributed by atoms with Crippen molar-refractivity contribution in [1.29, 1.82) is 0 Å². The first kappa shape index (κ1) is 24.3. The summed E-state index contributed by atoms with van der Waals surface area (Å²) in [5.41, 5.74) is 1.12. The van der Waals surface area contributed by atoms with Gasteiger partial charge in [-0.2, -0.15) is 0 Å². The Bertz CT molecular complexity index is 1250. The quantitative estimate of drug-likeness (QED) is 0.428. The van der Waals surface area contributed by atoms with Crippen molar-refractivity contribution in [2.45, 2.75) is 37.3 Å². The van der Waals surface area contributed by atoms with Crippen LogP contribution in [0.1, 0.15) is 41.5 Å². The third-order valence-electron chi connectivity index (χ3n) is 4.97. The average molecular weight is 474 g/mol. The van der Waals surface area contributed by atoms with Crippen LogP contribution >= 0.6 is 0 Å². The Morgan fingerprint density at radius 2 is 1.85 bits per heavy atom. The molecule has 0 aliphatic rings. The summed E-state index contributed by atoms with van der Waals surface area (Å²) in [4.78, 5) is 18.6. The van der Waals surface area contributed by atoms with Crippen molar-refractivity contribution in [3.8, 4) is 0 Å². The monoisotopic (exact) mass is 473 g/mol. The fourth-order valence-corrected chi connectivity index (χ4v) is 5.12. The Balaban J connectivity index is 1.93. The molecule has 9 heteroatoms. The van der Waals surface area contributed by atoms with E-state index < -0.39 is 27.4 Å². The number of halogens is 2. The highest BCUT2D eigenvalue weighted by molar-refractivity contribution is 7.90. The van der Waals surface area contributed by atoms with Crippen LogP contribution in [0.4, 0.5) is 8.78 Å². The molecule has 0 aliphatic carbocycles. The van der Waals surface area contributed by atoms with Gasteiger partial charge in [0, 0.05) is 18.2 Å². The molecule has 0 spiro atoms. The maximum absolute atomic E-state index is 13.6. The molecule has 3 aromatic rings. The van der Waals surface area contributed by atoms with Gasteiger partial charge in [-0.15, -0.1) is 6.58 Å². The number of hydrogen-bond acceptors (Lipinski definition) is 4. The zero-order valence-corrected chi connectivity index (χ0v) is 19.2. The molecule has 0 atom stereocenters. The largest absolute Gasteiger partial charge is 0.329 e. The summed E-state index contributed by atoms with van der Waals surface area (Å²) in [5.74, 6) is -1.73. The molecule has 3 rings (SSSR count). The highest BCUT2D eigenvalue weighted by Crippen LogP contribution is 2.23. The molecule has 6 nitrogen and oxygen atoms in total. The summed E-state index contributed by atoms with van der Waals surface area (Å²) < 4.78 is 54.6. The van der Waals surface area contributed by atoms with Gasteiger partial charge in [0.2, 0.25) is 15.0 Å².